The van der Waals surface area contributed by atoms with Crippen molar-refractivity contribution in [2.24, 2.45) is 22.7 Å². The van der Waals surface area contributed by atoms with Crippen LogP contribution in [-0.2, 0) is 14.9 Å². The standard InChI is InChI=1S/C11H21N3O3S/c1-18(15,16)14-6-9(7-14)8-17-13-11(12)10-4-2-3-5-10/h9-10H,2-8H2,1H3,(H2,12,13). The summed E-state index contributed by atoms with van der Waals surface area (Å²) in [5, 5.41) is 3.94. The van der Waals surface area contributed by atoms with Crippen LogP contribution >= 0.6 is 0 Å². The zero-order chi connectivity index (χ0) is 13.2. The van der Waals surface area contributed by atoms with Crippen LogP contribution in [0.3, 0.4) is 0 Å². The van der Waals surface area contributed by atoms with Gasteiger partial charge in [-0.2, -0.15) is 0 Å². The molecule has 104 valence electrons. The molecule has 1 saturated carbocycles. The fourth-order valence-electron chi connectivity index (χ4n) is 2.41. The van der Waals surface area contributed by atoms with Crippen molar-refractivity contribution >= 4 is 15.9 Å². The second-order valence-electron chi connectivity index (χ2n) is 5.24. The maximum absolute atomic E-state index is 11.2. The highest BCUT2D eigenvalue weighted by atomic mass is 32.2. The lowest BCUT2D eigenvalue weighted by atomic mass is 10.1. The second-order valence-corrected chi connectivity index (χ2v) is 7.22. The summed E-state index contributed by atoms with van der Waals surface area (Å²) >= 11 is 0. The normalized spacial score (nSPS) is 24.2. The van der Waals surface area contributed by atoms with Gasteiger partial charge in [-0.3, -0.25) is 0 Å². The van der Waals surface area contributed by atoms with Gasteiger partial charge in [0, 0.05) is 24.9 Å². The molecule has 0 aromatic carbocycles. The van der Waals surface area contributed by atoms with E-state index in [-0.39, 0.29) is 5.92 Å². The van der Waals surface area contributed by atoms with Crippen LogP contribution in [-0.4, -0.2) is 44.5 Å². The molecule has 18 heavy (non-hydrogen) atoms. The Morgan fingerprint density at radius 2 is 2.00 bits per heavy atom. The molecule has 0 atom stereocenters. The molecule has 6 nitrogen and oxygen atoms in total. The van der Waals surface area contributed by atoms with Gasteiger partial charge in [0.05, 0.1) is 6.26 Å². The molecular formula is C11H21N3O3S. The molecule has 2 aliphatic rings. The summed E-state index contributed by atoms with van der Waals surface area (Å²) in [6.45, 7) is 1.49. The molecule has 2 rings (SSSR count). The minimum Gasteiger partial charge on any atom is -0.394 e. The smallest absolute Gasteiger partial charge is 0.211 e. The van der Waals surface area contributed by atoms with E-state index in [0.717, 1.165) is 12.8 Å². The lowest BCUT2D eigenvalue weighted by Gasteiger charge is -2.36. The van der Waals surface area contributed by atoms with Crippen LogP contribution in [0.2, 0.25) is 0 Å². The van der Waals surface area contributed by atoms with Crippen molar-refractivity contribution in [1.82, 2.24) is 4.31 Å². The summed E-state index contributed by atoms with van der Waals surface area (Å²) in [6.07, 6.45) is 5.86. The van der Waals surface area contributed by atoms with Gasteiger partial charge < -0.3 is 10.6 Å². The lowest BCUT2D eigenvalue weighted by molar-refractivity contribution is 0.0539. The summed E-state index contributed by atoms with van der Waals surface area (Å²) in [5.74, 6) is 1.20. The SMILES string of the molecule is CS(=O)(=O)N1CC(CON=C(N)C2CCCC2)C1. The number of hydrogen-bond donors (Lipinski definition) is 1. The highest BCUT2D eigenvalue weighted by Gasteiger charge is 2.33. The van der Waals surface area contributed by atoms with E-state index in [0.29, 0.717) is 31.4 Å². The highest BCUT2D eigenvalue weighted by Crippen LogP contribution is 2.25. The number of hydrogen-bond acceptors (Lipinski definition) is 4. The predicted molar refractivity (Wildman–Crippen MR) is 69.4 cm³/mol. The molecule has 0 bridgehead atoms. The first kappa shape index (κ1) is 13.6. The molecule has 7 heteroatoms. The fourth-order valence-corrected chi connectivity index (χ4v) is 3.38. The first-order chi connectivity index (χ1) is 8.47. The van der Waals surface area contributed by atoms with E-state index in [4.69, 9.17) is 10.6 Å². The Hall–Kier alpha value is -0.820. The van der Waals surface area contributed by atoms with Crippen molar-refractivity contribution in [1.29, 1.82) is 0 Å². The Morgan fingerprint density at radius 1 is 1.39 bits per heavy atom. The van der Waals surface area contributed by atoms with Crippen LogP contribution in [0.15, 0.2) is 5.16 Å². The van der Waals surface area contributed by atoms with Crippen LogP contribution in [0.25, 0.3) is 0 Å². The Morgan fingerprint density at radius 3 is 2.56 bits per heavy atom. The van der Waals surface area contributed by atoms with Crippen molar-refractivity contribution < 1.29 is 13.3 Å². The van der Waals surface area contributed by atoms with E-state index in [2.05, 4.69) is 5.16 Å². The topological polar surface area (TPSA) is 85.0 Å². The van der Waals surface area contributed by atoms with E-state index in [1.807, 2.05) is 0 Å². The summed E-state index contributed by atoms with van der Waals surface area (Å²) in [5.41, 5.74) is 5.84. The van der Waals surface area contributed by atoms with Gasteiger partial charge >= 0.3 is 0 Å². The van der Waals surface area contributed by atoms with Gasteiger partial charge in [-0.15, -0.1) is 0 Å². The molecule has 0 aromatic rings. The molecule has 1 aliphatic heterocycles. The number of rotatable bonds is 5. The third kappa shape index (κ3) is 3.35. The number of oxime groups is 1. The van der Waals surface area contributed by atoms with E-state index >= 15 is 0 Å². The van der Waals surface area contributed by atoms with Crippen molar-refractivity contribution in [2.45, 2.75) is 25.7 Å². The van der Waals surface area contributed by atoms with E-state index in [9.17, 15) is 8.42 Å². The van der Waals surface area contributed by atoms with Crippen LogP contribution < -0.4 is 5.73 Å². The van der Waals surface area contributed by atoms with Crippen LogP contribution in [0.1, 0.15) is 25.7 Å². The first-order valence-corrected chi connectivity index (χ1v) is 8.22. The Balaban J connectivity index is 1.66. The van der Waals surface area contributed by atoms with Crippen molar-refractivity contribution in [3.63, 3.8) is 0 Å². The lowest BCUT2D eigenvalue weighted by Crippen LogP contribution is -2.50. The average Bonchev–Trinajstić information content (AvgIpc) is 2.71. The third-order valence-corrected chi connectivity index (χ3v) is 4.88. The van der Waals surface area contributed by atoms with Crippen molar-refractivity contribution in [2.75, 3.05) is 26.0 Å². The monoisotopic (exact) mass is 275 g/mol. The molecule has 0 spiro atoms. The number of nitrogens with two attached hydrogens (primary N) is 1. The first-order valence-electron chi connectivity index (χ1n) is 6.37. The molecule has 2 fully saturated rings. The maximum Gasteiger partial charge on any atom is 0.211 e. The molecule has 0 unspecified atom stereocenters. The van der Waals surface area contributed by atoms with E-state index in [1.165, 1.54) is 23.4 Å². The highest BCUT2D eigenvalue weighted by molar-refractivity contribution is 7.88. The molecule has 0 amide bonds. The number of sulfonamides is 1. The maximum atomic E-state index is 11.2. The Labute approximate surface area is 108 Å². The summed E-state index contributed by atoms with van der Waals surface area (Å²) in [6, 6.07) is 0. The molecule has 1 saturated heterocycles. The van der Waals surface area contributed by atoms with E-state index in [1.54, 1.807) is 0 Å². The van der Waals surface area contributed by atoms with Crippen LogP contribution in [0.4, 0.5) is 0 Å². The Kier molecular flexibility index (Phi) is 4.11. The summed E-state index contributed by atoms with van der Waals surface area (Å²) in [4.78, 5) is 5.21. The molecule has 1 aliphatic carbocycles. The molecular weight excluding hydrogens is 254 g/mol. The van der Waals surface area contributed by atoms with Gasteiger partial charge in [-0.1, -0.05) is 18.0 Å². The largest absolute Gasteiger partial charge is 0.394 e. The molecule has 0 radical (unpaired) electrons. The second kappa shape index (κ2) is 5.44. The number of nitrogens with zero attached hydrogens (tertiary/aromatic N) is 2. The van der Waals surface area contributed by atoms with Gasteiger partial charge in [0.15, 0.2) is 0 Å². The number of amidine groups is 1. The van der Waals surface area contributed by atoms with Crippen LogP contribution in [0, 0.1) is 11.8 Å². The fraction of sp³-hybridized carbons (Fsp3) is 0.909. The van der Waals surface area contributed by atoms with Crippen LogP contribution in [0.5, 0.6) is 0 Å². The van der Waals surface area contributed by atoms with Crippen molar-refractivity contribution in [3.05, 3.63) is 0 Å². The quantitative estimate of drug-likeness (QED) is 0.446. The van der Waals surface area contributed by atoms with E-state index < -0.39 is 10.0 Å². The predicted octanol–water partition coefficient (Wildman–Crippen LogP) is 0.357. The van der Waals surface area contributed by atoms with Gasteiger partial charge in [0.1, 0.15) is 12.4 Å². The summed E-state index contributed by atoms with van der Waals surface area (Å²) < 4.78 is 23.7. The summed E-state index contributed by atoms with van der Waals surface area (Å²) in [7, 11) is -3.04. The third-order valence-electron chi connectivity index (χ3n) is 3.65. The molecule has 2 N–H and O–H groups in total. The van der Waals surface area contributed by atoms with Gasteiger partial charge in [-0.25, -0.2) is 12.7 Å². The average molecular weight is 275 g/mol. The van der Waals surface area contributed by atoms with Gasteiger partial charge in [0.25, 0.3) is 0 Å². The molecule has 0 aromatic heterocycles. The minimum absolute atomic E-state index is 0.236. The van der Waals surface area contributed by atoms with Crippen molar-refractivity contribution in [3.8, 4) is 0 Å². The zero-order valence-electron chi connectivity index (χ0n) is 10.7. The molecule has 1 heterocycles. The minimum atomic E-state index is -3.04. The zero-order valence-corrected chi connectivity index (χ0v) is 11.5. The van der Waals surface area contributed by atoms with Gasteiger partial charge in [-0.05, 0) is 12.8 Å². The Bertz CT molecular complexity index is 409. The van der Waals surface area contributed by atoms with Gasteiger partial charge in [0.2, 0.25) is 10.0 Å².